The van der Waals surface area contributed by atoms with Crippen molar-refractivity contribution < 1.29 is 54.1 Å². The van der Waals surface area contributed by atoms with Gasteiger partial charge in [0, 0.05) is 17.9 Å². The second-order valence-corrected chi connectivity index (χ2v) is 9.46. The molecule has 2 aromatic carbocycles. The Bertz CT molecular complexity index is 1140. The summed E-state index contributed by atoms with van der Waals surface area (Å²) in [4.78, 5) is 0. The van der Waals surface area contributed by atoms with Gasteiger partial charge in [-0.2, -0.15) is 22.0 Å². The lowest BCUT2D eigenvalue weighted by Crippen LogP contribution is -2.37. The van der Waals surface area contributed by atoms with E-state index in [0.29, 0.717) is 56.9 Å². The maximum Gasteiger partial charge on any atom is 0.432 e. The van der Waals surface area contributed by atoms with Gasteiger partial charge in [0.1, 0.15) is 22.9 Å². The minimum Gasteiger partial charge on any atom is -0.429 e. The number of halogens is 8. The number of benzene rings is 2. The van der Waals surface area contributed by atoms with Crippen molar-refractivity contribution in [2.24, 2.45) is 11.8 Å². The van der Waals surface area contributed by atoms with Crippen LogP contribution >= 0.6 is 0 Å². The summed E-state index contributed by atoms with van der Waals surface area (Å²) < 4.78 is 130. The van der Waals surface area contributed by atoms with E-state index >= 15 is 0 Å². The van der Waals surface area contributed by atoms with E-state index in [4.69, 9.17) is 9.47 Å². The molecule has 2 fully saturated rings. The summed E-state index contributed by atoms with van der Waals surface area (Å²) in [7, 11) is 0. The molecule has 208 valence electrons. The average molecular weight is 552 g/mol. The Hall–Kier alpha value is -2.86. The van der Waals surface area contributed by atoms with Crippen LogP contribution < -0.4 is 9.47 Å². The Morgan fingerprint density at radius 2 is 1.47 bits per heavy atom. The summed E-state index contributed by atoms with van der Waals surface area (Å²) in [6.07, 6.45) is -5.28. The van der Waals surface area contributed by atoms with Gasteiger partial charge in [0.25, 0.3) is 0 Å². The van der Waals surface area contributed by atoms with Gasteiger partial charge in [-0.05, 0) is 61.4 Å². The van der Waals surface area contributed by atoms with E-state index in [1.165, 1.54) is 0 Å². The van der Waals surface area contributed by atoms with Crippen LogP contribution in [-0.2, 0) is 15.6 Å². The van der Waals surface area contributed by atoms with Crippen LogP contribution in [0.2, 0.25) is 0 Å². The second kappa shape index (κ2) is 11.5. The Kier molecular flexibility index (Phi) is 8.51. The highest BCUT2D eigenvalue weighted by molar-refractivity contribution is 5.36. The van der Waals surface area contributed by atoms with E-state index in [1.807, 2.05) is 6.92 Å². The molecule has 2 aliphatic rings. The summed E-state index contributed by atoms with van der Waals surface area (Å²) >= 11 is 0. The highest BCUT2D eigenvalue weighted by Crippen LogP contribution is 2.42. The third-order valence-electron chi connectivity index (χ3n) is 6.57. The van der Waals surface area contributed by atoms with Crippen LogP contribution in [0.4, 0.5) is 35.1 Å². The molecular weight excluding hydrogens is 528 g/mol. The first kappa shape index (κ1) is 28.2. The van der Waals surface area contributed by atoms with Crippen LogP contribution in [-0.4, -0.2) is 19.5 Å². The van der Waals surface area contributed by atoms with E-state index in [9.17, 15) is 35.1 Å². The molecule has 0 spiro atoms. The van der Waals surface area contributed by atoms with Gasteiger partial charge in [0.05, 0.1) is 13.2 Å². The molecule has 2 aromatic rings. The number of rotatable bonds is 7. The molecule has 0 unspecified atom stereocenters. The van der Waals surface area contributed by atoms with Crippen LogP contribution in [0.5, 0.6) is 11.5 Å². The first-order valence-corrected chi connectivity index (χ1v) is 11.9. The molecule has 0 bridgehead atoms. The first-order valence-electron chi connectivity index (χ1n) is 11.9. The minimum atomic E-state index is -4.57. The molecule has 0 N–H and O–H groups in total. The molecule has 0 amide bonds. The second-order valence-electron chi connectivity index (χ2n) is 9.46. The molecule has 4 nitrogen and oxygen atoms in total. The van der Waals surface area contributed by atoms with E-state index in [1.54, 1.807) is 0 Å². The van der Waals surface area contributed by atoms with Gasteiger partial charge in [0.15, 0.2) is 17.9 Å². The molecule has 0 aromatic heterocycles. The molecule has 4 rings (SSSR count). The van der Waals surface area contributed by atoms with Crippen molar-refractivity contribution in [3.05, 3.63) is 71.0 Å². The summed E-state index contributed by atoms with van der Waals surface area (Å²) in [6, 6.07) is 0.724. The van der Waals surface area contributed by atoms with Crippen LogP contribution in [0.15, 0.2) is 42.4 Å². The highest BCUT2D eigenvalue weighted by atomic mass is 19.3. The van der Waals surface area contributed by atoms with Crippen LogP contribution in [0.25, 0.3) is 0 Å². The summed E-state index contributed by atoms with van der Waals surface area (Å²) in [5.74, 6) is -6.40. The average Bonchev–Trinajstić information content (AvgIpc) is 2.85. The highest BCUT2D eigenvalue weighted by Gasteiger charge is 2.42. The SMILES string of the molecule is CC1COC(C2CCC(c3cc(F)c(C(F)(F)Oc4ccc(OC(F)=C(F)F)c(F)c4)c(F)c3)CC2)OC1. The van der Waals surface area contributed by atoms with Crippen LogP contribution in [0.3, 0.4) is 0 Å². The molecular formula is C26H24F8O4. The third kappa shape index (κ3) is 6.40. The number of hydrogen-bond donors (Lipinski definition) is 0. The topological polar surface area (TPSA) is 36.9 Å². The van der Waals surface area contributed by atoms with Gasteiger partial charge in [-0.15, -0.1) is 0 Å². The van der Waals surface area contributed by atoms with E-state index in [2.05, 4.69) is 9.47 Å². The van der Waals surface area contributed by atoms with Crippen molar-refractivity contribution in [1.29, 1.82) is 0 Å². The largest absolute Gasteiger partial charge is 0.432 e. The van der Waals surface area contributed by atoms with E-state index < -0.39 is 52.7 Å². The summed E-state index contributed by atoms with van der Waals surface area (Å²) in [6.45, 7) is 3.20. The molecule has 1 aliphatic carbocycles. The van der Waals surface area contributed by atoms with Crippen molar-refractivity contribution in [2.75, 3.05) is 13.2 Å². The maximum absolute atomic E-state index is 14.8. The van der Waals surface area contributed by atoms with Gasteiger partial charge >= 0.3 is 18.2 Å². The van der Waals surface area contributed by atoms with Gasteiger partial charge in [-0.1, -0.05) is 6.92 Å². The molecule has 1 saturated carbocycles. The molecule has 1 saturated heterocycles. The van der Waals surface area contributed by atoms with Crippen molar-refractivity contribution in [2.45, 2.75) is 50.9 Å². The predicted octanol–water partition coefficient (Wildman–Crippen LogP) is 7.93. The van der Waals surface area contributed by atoms with Gasteiger partial charge in [-0.3, -0.25) is 0 Å². The van der Waals surface area contributed by atoms with Crippen molar-refractivity contribution >= 4 is 0 Å². The lowest BCUT2D eigenvalue weighted by atomic mass is 9.78. The summed E-state index contributed by atoms with van der Waals surface area (Å²) in [5.41, 5.74) is -1.46. The Balaban J connectivity index is 1.44. The normalized spacial score (nSPS) is 24.1. The quantitative estimate of drug-likeness (QED) is 0.258. The molecule has 1 heterocycles. The molecule has 38 heavy (non-hydrogen) atoms. The van der Waals surface area contributed by atoms with Gasteiger partial charge in [0.2, 0.25) is 0 Å². The molecule has 0 radical (unpaired) electrons. The fourth-order valence-electron chi connectivity index (χ4n) is 4.68. The Labute approximate surface area is 213 Å². The number of alkyl halides is 2. The zero-order valence-corrected chi connectivity index (χ0v) is 20.1. The van der Waals surface area contributed by atoms with Crippen molar-refractivity contribution in [3.8, 4) is 11.5 Å². The fraction of sp³-hybridized carbons (Fsp3) is 0.462. The predicted molar refractivity (Wildman–Crippen MR) is 118 cm³/mol. The maximum atomic E-state index is 14.8. The van der Waals surface area contributed by atoms with Crippen LogP contribution in [0, 0.1) is 29.3 Å². The van der Waals surface area contributed by atoms with Gasteiger partial charge in [-0.25, -0.2) is 13.2 Å². The number of hydrogen-bond acceptors (Lipinski definition) is 4. The Morgan fingerprint density at radius 1 is 0.868 bits per heavy atom. The monoisotopic (exact) mass is 552 g/mol. The molecule has 12 heteroatoms. The zero-order chi connectivity index (χ0) is 27.6. The standard InChI is InChI=1S/C26H24F8O4/c1-13-11-35-25(36-12-13)15-4-2-14(3-5-15)16-8-19(28)22(20(29)9-16)26(33,34)38-17-6-7-21(18(27)10-17)37-24(32)23(30)31/h6-10,13-15,25H,2-5,11-12H2,1H3. The number of ether oxygens (including phenoxy) is 4. The lowest BCUT2D eigenvalue weighted by molar-refractivity contribution is -0.226. The van der Waals surface area contributed by atoms with Crippen molar-refractivity contribution in [1.82, 2.24) is 0 Å². The minimum absolute atomic E-state index is 0.131. The smallest absolute Gasteiger partial charge is 0.429 e. The summed E-state index contributed by atoms with van der Waals surface area (Å²) in [5, 5.41) is 0. The van der Waals surface area contributed by atoms with Gasteiger partial charge < -0.3 is 18.9 Å². The fourth-order valence-corrected chi connectivity index (χ4v) is 4.68. The first-order chi connectivity index (χ1) is 17.9. The van der Waals surface area contributed by atoms with Crippen LogP contribution in [0.1, 0.15) is 49.7 Å². The van der Waals surface area contributed by atoms with E-state index in [-0.39, 0.29) is 29.8 Å². The molecule has 0 atom stereocenters. The molecule has 1 aliphatic heterocycles. The third-order valence-corrected chi connectivity index (χ3v) is 6.57. The van der Waals surface area contributed by atoms with E-state index in [0.717, 1.165) is 12.1 Å². The van der Waals surface area contributed by atoms with Crippen molar-refractivity contribution in [3.63, 3.8) is 0 Å². The lowest BCUT2D eigenvalue weighted by Gasteiger charge is -2.37. The Morgan fingerprint density at radius 3 is 2.03 bits per heavy atom. The zero-order valence-electron chi connectivity index (χ0n) is 20.1.